The molecular formula is C10H12FeO8. The van der Waals surface area contributed by atoms with Gasteiger partial charge >= 0.3 is 23.9 Å². The van der Waals surface area contributed by atoms with Crippen molar-refractivity contribution in [2.45, 2.75) is 13.3 Å². The van der Waals surface area contributed by atoms with Crippen molar-refractivity contribution >= 4 is 23.9 Å². The Kier molecular flexibility index (Phi) is 14.3. The van der Waals surface area contributed by atoms with Crippen molar-refractivity contribution in [1.29, 1.82) is 0 Å². The van der Waals surface area contributed by atoms with Crippen LogP contribution in [0.1, 0.15) is 13.3 Å². The summed E-state index contributed by atoms with van der Waals surface area (Å²) in [5.74, 6) is -4.91. The van der Waals surface area contributed by atoms with Crippen LogP contribution in [0.25, 0.3) is 0 Å². The van der Waals surface area contributed by atoms with Gasteiger partial charge in [0.2, 0.25) is 0 Å². The summed E-state index contributed by atoms with van der Waals surface area (Å²) in [5.41, 5.74) is -0.0903. The van der Waals surface area contributed by atoms with Gasteiger partial charge in [-0.15, -0.1) is 0 Å². The number of rotatable bonds is 5. The van der Waals surface area contributed by atoms with Crippen LogP contribution in [0.15, 0.2) is 23.8 Å². The third-order valence-corrected chi connectivity index (χ3v) is 1.32. The molecule has 0 aliphatic heterocycles. The molecule has 0 rings (SSSR count). The predicted molar refractivity (Wildman–Crippen MR) is 58.1 cm³/mol. The molecule has 0 aliphatic rings. The van der Waals surface area contributed by atoms with Crippen LogP contribution in [0.4, 0.5) is 0 Å². The van der Waals surface area contributed by atoms with E-state index in [2.05, 4.69) is 0 Å². The van der Waals surface area contributed by atoms with E-state index < -0.39 is 23.9 Å². The first-order valence-electron chi connectivity index (χ1n) is 4.51. The second-order valence-corrected chi connectivity index (χ2v) is 2.68. The molecule has 19 heavy (non-hydrogen) atoms. The molecule has 4 N–H and O–H groups in total. The van der Waals surface area contributed by atoms with E-state index in [1.54, 1.807) is 6.92 Å². The standard InChI is InChI=1S/C6H8O4.C4H4O4.Fe/c1-2-4(6(9)10)3-5(7)8;5-3(6)1-2-4(7)8;/h3H,2H2,1H3,(H,7,8)(H,9,10);1-2H,(H,5,6)(H,7,8);/b4-3-;2-1-;. The maximum absolute atomic E-state index is 10.1. The van der Waals surface area contributed by atoms with Crippen LogP contribution in [0.5, 0.6) is 0 Å². The number of hydrogen-bond acceptors (Lipinski definition) is 4. The van der Waals surface area contributed by atoms with Crippen molar-refractivity contribution in [1.82, 2.24) is 0 Å². The molecule has 0 heterocycles. The second-order valence-electron chi connectivity index (χ2n) is 2.68. The average molecular weight is 316 g/mol. The van der Waals surface area contributed by atoms with Gasteiger partial charge in [-0.2, -0.15) is 0 Å². The van der Waals surface area contributed by atoms with Gasteiger partial charge < -0.3 is 20.4 Å². The van der Waals surface area contributed by atoms with Gasteiger partial charge in [-0.1, -0.05) is 6.92 Å². The smallest absolute Gasteiger partial charge is 0.331 e. The number of carbonyl (C=O) groups is 4. The fraction of sp³-hybridized carbons (Fsp3) is 0.200. The Morgan fingerprint density at radius 1 is 0.842 bits per heavy atom. The maximum atomic E-state index is 10.1. The largest absolute Gasteiger partial charge is 0.478 e. The molecule has 0 fully saturated rings. The molecular weight excluding hydrogens is 304 g/mol. The van der Waals surface area contributed by atoms with Crippen molar-refractivity contribution in [3.8, 4) is 0 Å². The molecule has 0 amide bonds. The van der Waals surface area contributed by atoms with Crippen molar-refractivity contribution < 1.29 is 56.7 Å². The summed E-state index contributed by atoms with van der Waals surface area (Å²) in [6.07, 6.45) is 2.04. The molecule has 0 saturated heterocycles. The number of carboxylic acid groups (broad SMARTS) is 4. The van der Waals surface area contributed by atoms with Gasteiger partial charge in [-0.25, -0.2) is 19.2 Å². The van der Waals surface area contributed by atoms with Crippen LogP contribution in [0.3, 0.4) is 0 Å². The van der Waals surface area contributed by atoms with Crippen LogP contribution >= 0.6 is 0 Å². The summed E-state index contributed by atoms with van der Waals surface area (Å²) in [6.45, 7) is 1.59. The van der Waals surface area contributed by atoms with Crippen LogP contribution in [-0.4, -0.2) is 44.3 Å². The van der Waals surface area contributed by atoms with E-state index >= 15 is 0 Å². The van der Waals surface area contributed by atoms with Gasteiger partial charge in [0, 0.05) is 40.9 Å². The van der Waals surface area contributed by atoms with Gasteiger partial charge in [0.05, 0.1) is 0 Å². The summed E-state index contributed by atoms with van der Waals surface area (Å²) in [7, 11) is 0. The molecule has 0 bridgehead atoms. The number of aliphatic carboxylic acids is 4. The Labute approximate surface area is 118 Å². The van der Waals surface area contributed by atoms with Crippen LogP contribution in [0.2, 0.25) is 0 Å². The minimum atomic E-state index is -1.26. The van der Waals surface area contributed by atoms with Crippen molar-refractivity contribution in [3.05, 3.63) is 23.8 Å². The third kappa shape index (κ3) is 18.4. The average Bonchev–Trinajstić information content (AvgIpc) is 2.23. The van der Waals surface area contributed by atoms with Crippen LogP contribution in [0, 0.1) is 0 Å². The summed E-state index contributed by atoms with van der Waals surface area (Å²) in [6, 6.07) is 0. The molecule has 108 valence electrons. The van der Waals surface area contributed by atoms with E-state index in [1.807, 2.05) is 0 Å². The van der Waals surface area contributed by atoms with Crippen molar-refractivity contribution in [2.75, 3.05) is 0 Å². The number of hydrogen-bond donors (Lipinski definition) is 4. The zero-order valence-electron chi connectivity index (χ0n) is 9.71. The molecule has 0 radical (unpaired) electrons. The molecule has 0 aliphatic carbocycles. The fourth-order valence-corrected chi connectivity index (χ4v) is 0.607. The Bertz CT molecular complexity index is 380. The van der Waals surface area contributed by atoms with Crippen molar-refractivity contribution in [2.24, 2.45) is 0 Å². The van der Waals surface area contributed by atoms with E-state index in [0.717, 1.165) is 0 Å². The molecule has 0 saturated carbocycles. The first-order chi connectivity index (χ1) is 8.20. The minimum Gasteiger partial charge on any atom is -0.478 e. The molecule has 9 heteroatoms. The minimum absolute atomic E-state index is 0. The number of carboxylic acids is 4. The predicted octanol–water partition coefficient (Wildman–Crippen LogP) is 0.201. The maximum Gasteiger partial charge on any atom is 0.331 e. The SMILES string of the molecule is CC/C(=C/C(=O)O)C(=O)O.O=C(O)/C=C\C(=O)O.[Fe]. The molecule has 0 spiro atoms. The van der Waals surface area contributed by atoms with Crippen LogP contribution in [-0.2, 0) is 36.2 Å². The van der Waals surface area contributed by atoms with Gasteiger partial charge in [-0.05, 0) is 6.42 Å². The third-order valence-electron chi connectivity index (χ3n) is 1.32. The molecule has 8 nitrogen and oxygen atoms in total. The summed E-state index contributed by atoms with van der Waals surface area (Å²) < 4.78 is 0. The molecule has 0 aromatic rings. The Hall–Kier alpha value is -2.12. The fourth-order valence-electron chi connectivity index (χ4n) is 0.607. The topological polar surface area (TPSA) is 149 Å². The monoisotopic (exact) mass is 316 g/mol. The molecule has 0 unspecified atom stereocenters. The van der Waals surface area contributed by atoms with E-state index in [1.165, 1.54) is 0 Å². The quantitative estimate of drug-likeness (QED) is 0.415. The Morgan fingerprint density at radius 2 is 1.21 bits per heavy atom. The normalized spacial score (nSPS) is 9.84. The van der Waals surface area contributed by atoms with E-state index in [-0.39, 0.29) is 29.1 Å². The van der Waals surface area contributed by atoms with Crippen LogP contribution < -0.4 is 0 Å². The van der Waals surface area contributed by atoms with Crippen molar-refractivity contribution in [3.63, 3.8) is 0 Å². The van der Waals surface area contributed by atoms with Gasteiger partial charge in [0.1, 0.15) is 0 Å². The molecule has 0 aromatic carbocycles. The van der Waals surface area contributed by atoms with E-state index in [0.29, 0.717) is 18.2 Å². The van der Waals surface area contributed by atoms with Gasteiger partial charge in [-0.3, -0.25) is 0 Å². The summed E-state index contributed by atoms with van der Waals surface area (Å²) >= 11 is 0. The van der Waals surface area contributed by atoms with Gasteiger partial charge in [0.15, 0.2) is 0 Å². The Morgan fingerprint density at radius 3 is 1.32 bits per heavy atom. The summed E-state index contributed by atoms with van der Waals surface area (Å²) in [4.78, 5) is 39.2. The van der Waals surface area contributed by atoms with E-state index in [4.69, 9.17) is 20.4 Å². The second kappa shape index (κ2) is 12.3. The first-order valence-corrected chi connectivity index (χ1v) is 4.51. The Balaban J connectivity index is -0.000000262. The first kappa shape index (κ1) is 22.1. The zero-order chi connectivity index (χ0) is 14.7. The molecule has 0 atom stereocenters. The van der Waals surface area contributed by atoms with Gasteiger partial charge in [0.25, 0.3) is 0 Å². The summed E-state index contributed by atoms with van der Waals surface area (Å²) in [5, 5.41) is 32.0. The zero-order valence-corrected chi connectivity index (χ0v) is 10.8. The molecule has 0 aromatic heterocycles. The van der Waals surface area contributed by atoms with E-state index in [9.17, 15) is 19.2 Å².